The van der Waals surface area contributed by atoms with Crippen LogP contribution in [-0.4, -0.2) is 24.0 Å². The number of pyridine rings is 1. The van der Waals surface area contributed by atoms with Crippen molar-refractivity contribution in [3.63, 3.8) is 0 Å². The van der Waals surface area contributed by atoms with Crippen LogP contribution in [0.1, 0.15) is 32.0 Å². The van der Waals surface area contributed by atoms with E-state index < -0.39 is 0 Å². The number of rotatable bonds is 1. The van der Waals surface area contributed by atoms with Gasteiger partial charge in [-0.2, -0.15) is 0 Å². The van der Waals surface area contributed by atoms with Crippen molar-refractivity contribution in [2.45, 2.75) is 26.2 Å². The first kappa shape index (κ1) is 13.3. The van der Waals surface area contributed by atoms with Crippen LogP contribution in [0.3, 0.4) is 0 Å². The Kier molecular flexibility index (Phi) is 3.96. The van der Waals surface area contributed by atoms with Crippen molar-refractivity contribution in [3.05, 3.63) is 41.9 Å². The molecule has 0 amide bonds. The largest absolute Gasteiger partial charge is 0.371 e. The highest BCUT2D eigenvalue weighted by Gasteiger charge is 2.13. The summed E-state index contributed by atoms with van der Waals surface area (Å²) in [4.78, 5) is 6.14. The van der Waals surface area contributed by atoms with Gasteiger partial charge in [-0.1, -0.05) is 27.4 Å². The smallest absolute Gasteiger partial charge is 0.113 e. The maximum Gasteiger partial charge on any atom is 0.113 e. The summed E-state index contributed by atoms with van der Waals surface area (Å²) in [6.45, 7) is 10.4. The second-order valence-electron chi connectivity index (χ2n) is 5.27. The summed E-state index contributed by atoms with van der Waals surface area (Å²) >= 11 is 0. The molecule has 2 nitrogen and oxygen atoms in total. The van der Waals surface area contributed by atoms with Gasteiger partial charge in [-0.25, -0.2) is 4.98 Å². The summed E-state index contributed by atoms with van der Waals surface area (Å²) in [5.41, 5.74) is 2.94. The maximum absolute atomic E-state index is 4.25. The van der Waals surface area contributed by atoms with Crippen molar-refractivity contribution >= 4 is 0 Å². The van der Waals surface area contributed by atoms with Gasteiger partial charge in [0.25, 0.3) is 0 Å². The number of aromatic nitrogens is 1. The molecule has 17 heavy (non-hydrogen) atoms. The molecule has 0 spiro atoms. The molecule has 0 aliphatic heterocycles. The summed E-state index contributed by atoms with van der Waals surface area (Å²) in [6, 6.07) is 4.07. The minimum Gasteiger partial charge on any atom is -0.371 e. The maximum atomic E-state index is 4.25. The second kappa shape index (κ2) is 5.05. The molecule has 2 heteroatoms. The first-order valence-electron chi connectivity index (χ1n) is 5.65. The number of hydrogen-bond donors (Lipinski definition) is 0. The molecule has 0 aliphatic carbocycles. The summed E-state index contributed by atoms with van der Waals surface area (Å²) in [7, 11) is 3.85. The average Bonchev–Trinajstić information content (AvgIpc) is 2.25. The van der Waals surface area contributed by atoms with E-state index in [9.17, 15) is 0 Å². The highest BCUT2D eigenvalue weighted by atomic mass is 15.1. The van der Waals surface area contributed by atoms with Gasteiger partial charge in [-0.3, -0.25) is 0 Å². The molecule has 0 saturated heterocycles. The lowest BCUT2D eigenvalue weighted by atomic mass is 9.87. The summed E-state index contributed by atoms with van der Waals surface area (Å²) in [6.07, 6.45) is 1.81. The predicted molar refractivity (Wildman–Crippen MR) is 72.6 cm³/mol. The molecule has 1 aromatic rings. The monoisotopic (exact) mass is 228 g/mol. The van der Waals surface area contributed by atoms with E-state index in [1.807, 2.05) is 37.3 Å². The average molecular weight is 228 g/mol. The lowest BCUT2D eigenvalue weighted by molar-refractivity contribution is 0.537. The summed E-state index contributed by atoms with van der Waals surface area (Å²) < 4.78 is 0. The molecule has 1 aromatic heterocycles. The Morgan fingerprint density at radius 1 is 1.35 bits per heavy atom. The third-order valence-corrected chi connectivity index (χ3v) is 2.50. The molecular formula is C15H20N2. The lowest BCUT2D eigenvalue weighted by Crippen LogP contribution is -2.11. The first-order valence-corrected chi connectivity index (χ1v) is 5.65. The number of hydrogen-bond acceptors (Lipinski definition) is 2. The SMILES string of the molecule is C=C(C#Cc1cc(C(C)(C)C)ccn1)N(C)C. The Hall–Kier alpha value is -1.75. The molecule has 1 rings (SSSR count). The van der Waals surface area contributed by atoms with Crippen LogP contribution in [0.25, 0.3) is 0 Å². The van der Waals surface area contributed by atoms with Gasteiger partial charge in [0, 0.05) is 20.3 Å². The van der Waals surface area contributed by atoms with Gasteiger partial charge < -0.3 is 4.90 Å². The van der Waals surface area contributed by atoms with Gasteiger partial charge in [-0.05, 0) is 35.0 Å². The van der Waals surface area contributed by atoms with Crippen molar-refractivity contribution < 1.29 is 0 Å². The molecule has 0 bridgehead atoms. The van der Waals surface area contributed by atoms with E-state index in [0.717, 1.165) is 11.4 Å². The molecular weight excluding hydrogens is 208 g/mol. The van der Waals surface area contributed by atoms with Crippen LogP contribution in [0, 0.1) is 11.8 Å². The minimum atomic E-state index is 0.123. The van der Waals surface area contributed by atoms with E-state index in [4.69, 9.17) is 0 Å². The Morgan fingerprint density at radius 3 is 2.53 bits per heavy atom. The lowest BCUT2D eigenvalue weighted by Gasteiger charge is -2.18. The van der Waals surface area contributed by atoms with E-state index in [-0.39, 0.29) is 5.41 Å². The van der Waals surface area contributed by atoms with E-state index in [1.54, 1.807) is 0 Å². The highest BCUT2D eigenvalue weighted by molar-refractivity contribution is 5.38. The molecule has 0 radical (unpaired) electrons. The molecule has 1 heterocycles. The van der Waals surface area contributed by atoms with Crippen molar-refractivity contribution in [1.29, 1.82) is 0 Å². The van der Waals surface area contributed by atoms with E-state index in [0.29, 0.717) is 0 Å². The van der Waals surface area contributed by atoms with Crippen LogP contribution < -0.4 is 0 Å². The Labute approximate surface area is 104 Å². The molecule has 0 aromatic carbocycles. The molecule has 0 unspecified atom stereocenters. The third-order valence-electron chi connectivity index (χ3n) is 2.50. The fourth-order valence-electron chi connectivity index (χ4n) is 1.21. The van der Waals surface area contributed by atoms with E-state index in [2.05, 4.69) is 44.2 Å². The van der Waals surface area contributed by atoms with Crippen LogP contribution in [0.4, 0.5) is 0 Å². The molecule has 0 fully saturated rings. The fourth-order valence-corrected chi connectivity index (χ4v) is 1.21. The third kappa shape index (κ3) is 3.96. The number of nitrogens with zero attached hydrogens (tertiary/aromatic N) is 2. The molecule has 0 atom stereocenters. The summed E-state index contributed by atoms with van der Waals surface area (Å²) in [5, 5.41) is 0. The standard InChI is InChI=1S/C15H20N2/c1-12(17(5)6)7-8-14-11-13(9-10-16-14)15(2,3)4/h9-11H,1H2,2-6H3. The zero-order valence-corrected chi connectivity index (χ0v) is 11.3. The molecule has 0 N–H and O–H groups in total. The van der Waals surface area contributed by atoms with Crippen LogP contribution >= 0.6 is 0 Å². The quantitative estimate of drug-likeness (QED) is 0.687. The van der Waals surface area contributed by atoms with Gasteiger partial charge in [0.2, 0.25) is 0 Å². The Balaban J connectivity index is 2.98. The normalized spacial score (nSPS) is 10.4. The zero-order valence-electron chi connectivity index (χ0n) is 11.3. The van der Waals surface area contributed by atoms with Gasteiger partial charge in [-0.15, -0.1) is 0 Å². The zero-order chi connectivity index (χ0) is 13.1. The number of allylic oxidation sites excluding steroid dienone is 1. The van der Waals surface area contributed by atoms with E-state index >= 15 is 0 Å². The molecule has 0 saturated carbocycles. The van der Waals surface area contributed by atoms with Gasteiger partial charge in [0.1, 0.15) is 5.69 Å². The topological polar surface area (TPSA) is 16.1 Å². The minimum absolute atomic E-state index is 0.123. The van der Waals surface area contributed by atoms with Crippen LogP contribution in [0.5, 0.6) is 0 Å². The molecule has 90 valence electrons. The van der Waals surface area contributed by atoms with Crippen molar-refractivity contribution in [1.82, 2.24) is 9.88 Å². The van der Waals surface area contributed by atoms with Crippen molar-refractivity contribution in [3.8, 4) is 11.8 Å². The predicted octanol–water partition coefficient (Wildman–Crippen LogP) is 2.81. The first-order chi connectivity index (χ1) is 7.80. The molecule has 0 aliphatic rings. The summed E-state index contributed by atoms with van der Waals surface area (Å²) in [5.74, 6) is 6.03. The van der Waals surface area contributed by atoms with Gasteiger partial charge in [0.05, 0.1) is 5.70 Å². The van der Waals surface area contributed by atoms with E-state index in [1.165, 1.54) is 5.56 Å². The van der Waals surface area contributed by atoms with Gasteiger partial charge in [0.15, 0.2) is 0 Å². The Morgan fingerprint density at radius 2 is 2.00 bits per heavy atom. The highest BCUT2D eigenvalue weighted by Crippen LogP contribution is 2.21. The van der Waals surface area contributed by atoms with Crippen LogP contribution in [0.15, 0.2) is 30.6 Å². The Bertz CT molecular complexity index is 468. The van der Waals surface area contributed by atoms with Crippen molar-refractivity contribution in [2.24, 2.45) is 0 Å². The fraction of sp³-hybridized carbons (Fsp3) is 0.400. The van der Waals surface area contributed by atoms with Gasteiger partial charge >= 0.3 is 0 Å². The second-order valence-corrected chi connectivity index (χ2v) is 5.27. The van der Waals surface area contributed by atoms with Crippen molar-refractivity contribution in [2.75, 3.05) is 14.1 Å². The van der Waals surface area contributed by atoms with Crippen LogP contribution in [0.2, 0.25) is 0 Å². The van der Waals surface area contributed by atoms with Crippen LogP contribution in [-0.2, 0) is 5.41 Å².